The molecular weight excluding hydrogens is 298 g/mol. The smallest absolute Gasteiger partial charge is 0.0833 e. The van der Waals surface area contributed by atoms with E-state index >= 15 is 0 Å². The van der Waals surface area contributed by atoms with E-state index in [1.54, 1.807) is 0 Å². The average molecular weight is 329 g/mol. The summed E-state index contributed by atoms with van der Waals surface area (Å²) in [6, 6.07) is 2.25. The molecule has 0 aromatic carbocycles. The Hall–Kier alpha value is -0.850. The highest BCUT2D eigenvalue weighted by molar-refractivity contribution is 5.26. The fourth-order valence-electron chi connectivity index (χ4n) is 7.17. The van der Waals surface area contributed by atoms with Gasteiger partial charge in [0.2, 0.25) is 0 Å². The van der Waals surface area contributed by atoms with E-state index in [-0.39, 0.29) is 23.4 Å². The highest BCUT2D eigenvalue weighted by Gasteiger charge is 2.63. The summed E-state index contributed by atoms with van der Waals surface area (Å²) in [6.45, 7) is 4.69. The number of fused-ring (bicyclic) bond motifs is 5. The molecule has 0 saturated heterocycles. The van der Waals surface area contributed by atoms with Crippen LogP contribution in [-0.4, -0.2) is 21.9 Å². The van der Waals surface area contributed by atoms with Crippen molar-refractivity contribution in [1.29, 1.82) is 5.26 Å². The van der Waals surface area contributed by atoms with E-state index in [1.165, 1.54) is 5.57 Å². The molecule has 0 heterocycles. The summed E-state index contributed by atoms with van der Waals surface area (Å²) in [4.78, 5) is 0. The average Bonchev–Trinajstić information content (AvgIpc) is 2.80. The second-order valence-corrected chi connectivity index (χ2v) is 9.52. The van der Waals surface area contributed by atoms with Crippen molar-refractivity contribution in [3.63, 3.8) is 0 Å². The standard InChI is InChI=1S/C21H31NO2/c1-19-8-5-15(23)13-14(19)3-4-16-17(19)6-9-20(2)18(16)7-10-21(20,24)11-12-22/h3,15-18,23-24H,4-11,13H2,1-2H3/t15?,16?,17?,18?,19-,20-,21+/m0/s1. The lowest BCUT2D eigenvalue weighted by Crippen LogP contribution is -2.54. The zero-order valence-electron chi connectivity index (χ0n) is 15.1. The molecule has 0 amide bonds. The summed E-state index contributed by atoms with van der Waals surface area (Å²) in [5.74, 6) is 1.86. The maximum atomic E-state index is 11.2. The number of rotatable bonds is 1. The lowest BCUT2D eigenvalue weighted by molar-refractivity contribution is -0.122. The lowest BCUT2D eigenvalue weighted by atomic mass is 9.47. The predicted molar refractivity (Wildman–Crippen MR) is 92.9 cm³/mol. The molecule has 132 valence electrons. The quantitative estimate of drug-likeness (QED) is 0.716. The number of nitrogens with zero attached hydrogens (tertiary/aromatic N) is 1. The molecule has 3 nitrogen and oxygen atoms in total. The van der Waals surface area contributed by atoms with Gasteiger partial charge in [-0.15, -0.1) is 0 Å². The highest BCUT2D eigenvalue weighted by atomic mass is 16.3. The van der Waals surface area contributed by atoms with Crippen molar-refractivity contribution in [1.82, 2.24) is 0 Å². The van der Waals surface area contributed by atoms with Gasteiger partial charge in [-0.25, -0.2) is 0 Å². The Labute approximate surface area is 145 Å². The van der Waals surface area contributed by atoms with Crippen LogP contribution < -0.4 is 0 Å². The van der Waals surface area contributed by atoms with Crippen LogP contribution in [-0.2, 0) is 0 Å². The van der Waals surface area contributed by atoms with Crippen LogP contribution >= 0.6 is 0 Å². The van der Waals surface area contributed by atoms with E-state index in [2.05, 4.69) is 26.0 Å². The van der Waals surface area contributed by atoms with Crippen LogP contribution in [0.25, 0.3) is 0 Å². The molecule has 4 aliphatic rings. The Balaban J connectivity index is 1.67. The van der Waals surface area contributed by atoms with Gasteiger partial charge in [-0.3, -0.25) is 0 Å². The first-order chi connectivity index (χ1) is 11.3. The maximum absolute atomic E-state index is 11.2. The van der Waals surface area contributed by atoms with Gasteiger partial charge in [-0.1, -0.05) is 25.5 Å². The Bertz CT molecular complexity index is 607. The van der Waals surface area contributed by atoms with Gasteiger partial charge >= 0.3 is 0 Å². The summed E-state index contributed by atoms with van der Waals surface area (Å²) < 4.78 is 0. The molecule has 0 aliphatic heterocycles. The summed E-state index contributed by atoms with van der Waals surface area (Å²) in [6.07, 6.45) is 10.6. The van der Waals surface area contributed by atoms with Gasteiger partial charge < -0.3 is 10.2 Å². The molecule has 3 saturated carbocycles. The Morgan fingerprint density at radius 2 is 1.92 bits per heavy atom. The summed E-state index contributed by atoms with van der Waals surface area (Å²) in [5, 5.41) is 30.5. The third-order valence-electron chi connectivity index (χ3n) is 8.77. The maximum Gasteiger partial charge on any atom is 0.0833 e. The SMILES string of the molecule is C[C@]12CCC(O)CC1=CCC1C2CC[C@@]2(C)C1CC[C@@]2(O)CC#N. The van der Waals surface area contributed by atoms with E-state index < -0.39 is 5.60 Å². The van der Waals surface area contributed by atoms with Gasteiger partial charge in [0.1, 0.15) is 0 Å². The van der Waals surface area contributed by atoms with Crippen molar-refractivity contribution in [2.45, 2.75) is 83.3 Å². The third-order valence-corrected chi connectivity index (χ3v) is 8.77. The number of aliphatic hydroxyl groups is 2. The van der Waals surface area contributed by atoms with E-state index in [9.17, 15) is 15.5 Å². The van der Waals surface area contributed by atoms with Crippen molar-refractivity contribution < 1.29 is 10.2 Å². The van der Waals surface area contributed by atoms with Crippen molar-refractivity contribution in [3.8, 4) is 6.07 Å². The minimum atomic E-state index is -0.787. The van der Waals surface area contributed by atoms with Gasteiger partial charge in [-0.2, -0.15) is 5.26 Å². The first kappa shape index (κ1) is 16.6. The molecule has 0 aromatic heterocycles. The molecule has 4 unspecified atom stereocenters. The first-order valence-electron chi connectivity index (χ1n) is 9.81. The third kappa shape index (κ3) is 2.02. The summed E-state index contributed by atoms with van der Waals surface area (Å²) in [5.41, 5.74) is 0.862. The minimum absolute atomic E-state index is 0.0974. The largest absolute Gasteiger partial charge is 0.393 e. The number of hydrogen-bond donors (Lipinski definition) is 2. The van der Waals surface area contributed by atoms with Gasteiger partial charge in [0.05, 0.1) is 24.2 Å². The molecule has 4 aliphatic carbocycles. The van der Waals surface area contributed by atoms with Crippen molar-refractivity contribution in [2.75, 3.05) is 0 Å². The molecule has 0 radical (unpaired) electrons. The minimum Gasteiger partial charge on any atom is -0.393 e. The highest BCUT2D eigenvalue weighted by Crippen LogP contribution is 2.67. The molecule has 0 aromatic rings. The molecule has 4 rings (SSSR count). The molecule has 24 heavy (non-hydrogen) atoms. The van der Waals surface area contributed by atoms with E-state index in [4.69, 9.17) is 0 Å². The topological polar surface area (TPSA) is 64.2 Å². The van der Waals surface area contributed by atoms with Gasteiger partial charge in [0, 0.05) is 5.41 Å². The van der Waals surface area contributed by atoms with Crippen molar-refractivity contribution in [3.05, 3.63) is 11.6 Å². The van der Waals surface area contributed by atoms with Crippen LogP contribution in [0.15, 0.2) is 11.6 Å². The van der Waals surface area contributed by atoms with E-state index in [0.717, 1.165) is 51.4 Å². The number of aliphatic hydroxyl groups excluding tert-OH is 1. The first-order valence-corrected chi connectivity index (χ1v) is 9.81. The molecular formula is C21H31NO2. The van der Waals surface area contributed by atoms with E-state index in [0.29, 0.717) is 17.8 Å². The predicted octanol–water partition coefficient (Wildman–Crippen LogP) is 3.95. The Morgan fingerprint density at radius 1 is 1.17 bits per heavy atom. The second-order valence-electron chi connectivity index (χ2n) is 9.52. The number of hydrogen-bond acceptors (Lipinski definition) is 3. The van der Waals surface area contributed by atoms with Gasteiger partial charge in [0.25, 0.3) is 0 Å². The van der Waals surface area contributed by atoms with Crippen LogP contribution in [0.4, 0.5) is 0 Å². The van der Waals surface area contributed by atoms with Crippen LogP contribution in [0, 0.1) is 39.9 Å². The van der Waals surface area contributed by atoms with Crippen LogP contribution in [0.3, 0.4) is 0 Å². The number of nitriles is 1. The molecule has 7 atom stereocenters. The Kier molecular flexibility index (Phi) is 3.68. The zero-order chi connectivity index (χ0) is 17.2. The van der Waals surface area contributed by atoms with Crippen molar-refractivity contribution in [2.24, 2.45) is 28.6 Å². The fourth-order valence-corrected chi connectivity index (χ4v) is 7.17. The molecule has 2 N–H and O–H groups in total. The van der Waals surface area contributed by atoms with Gasteiger partial charge in [-0.05, 0) is 74.5 Å². The monoisotopic (exact) mass is 329 g/mol. The second kappa shape index (κ2) is 5.32. The zero-order valence-corrected chi connectivity index (χ0v) is 15.1. The molecule has 0 bridgehead atoms. The fraction of sp³-hybridized carbons (Fsp3) is 0.857. The van der Waals surface area contributed by atoms with Crippen LogP contribution in [0.2, 0.25) is 0 Å². The Morgan fingerprint density at radius 3 is 2.67 bits per heavy atom. The van der Waals surface area contributed by atoms with E-state index in [1.807, 2.05) is 0 Å². The summed E-state index contributed by atoms with van der Waals surface area (Å²) >= 11 is 0. The molecule has 3 fully saturated rings. The van der Waals surface area contributed by atoms with Crippen molar-refractivity contribution >= 4 is 0 Å². The summed E-state index contributed by atoms with van der Waals surface area (Å²) in [7, 11) is 0. The molecule has 0 spiro atoms. The van der Waals surface area contributed by atoms with Crippen LogP contribution in [0.5, 0.6) is 0 Å². The molecule has 3 heteroatoms. The normalized spacial score (nSPS) is 53.4. The van der Waals surface area contributed by atoms with Gasteiger partial charge in [0.15, 0.2) is 0 Å². The lowest BCUT2D eigenvalue weighted by Gasteiger charge is -2.58. The van der Waals surface area contributed by atoms with Crippen LogP contribution in [0.1, 0.15) is 71.6 Å². The number of allylic oxidation sites excluding steroid dienone is 1.